The molecule has 1 aromatic rings. The number of pyridine rings is 1. The molecule has 0 aliphatic heterocycles. The smallest absolute Gasteiger partial charge is 0.339 e. The summed E-state index contributed by atoms with van der Waals surface area (Å²) in [5.74, 6) is -0.422. The summed E-state index contributed by atoms with van der Waals surface area (Å²) in [6, 6.07) is 2.71. The Morgan fingerprint density at radius 1 is 1.43 bits per heavy atom. The highest BCUT2D eigenvalue weighted by Crippen LogP contribution is 1.95. The number of aromatic amines is 1. The number of H-pyrrole nitrogens is 1. The van der Waals surface area contributed by atoms with Gasteiger partial charge in [0, 0.05) is 12.3 Å². The van der Waals surface area contributed by atoms with E-state index < -0.39 is 5.97 Å². The number of carbonyl (C=O) groups is 1. The average Bonchev–Trinajstić information content (AvgIpc) is 2.22. The van der Waals surface area contributed by atoms with Gasteiger partial charge in [-0.15, -0.1) is 0 Å². The predicted octanol–water partition coefficient (Wildman–Crippen LogP) is 1.58. The lowest BCUT2D eigenvalue weighted by molar-refractivity contribution is 0.0526. The van der Waals surface area contributed by atoms with Crippen molar-refractivity contribution in [3.63, 3.8) is 0 Å². The van der Waals surface area contributed by atoms with Crippen LogP contribution < -0.4 is 5.56 Å². The molecule has 1 N–H and O–H groups in total. The molecule has 0 amide bonds. The molecule has 0 spiro atoms. The van der Waals surface area contributed by atoms with Crippen LogP contribution in [0.3, 0.4) is 0 Å². The first-order valence-corrected chi connectivity index (χ1v) is 4.60. The Balaban J connectivity index is 0.000000791. The van der Waals surface area contributed by atoms with E-state index in [-0.39, 0.29) is 5.56 Å². The fourth-order valence-corrected chi connectivity index (χ4v) is 0.752. The van der Waals surface area contributed by atoms with Crippen LogP contribution in [0.25, 0.3) is 0 Å². The van der Waals surface area contributed by atoms with Gasteiger partial charge in [0.2, 0.25) is 5.56 Å². The Bertz CT molecular complexity index is 310. The molecule has 14 heavy (non-hydrogen) atoms. The lowest BCUT2D eigenvalue weighted by Gasteiger charge is -1.99. The van der Waals surface area contributed by atoms with Crippen molar-refractivity contribution in [2.45, 2.75) is 20.8 Å². The van der Waals surface area contributed by atoms with Crippen LogP contribution in [0, 0.1) is 0 Å². The van der Waals surface area contributed by atoms with Crippen LogP contribution in [0.4, 0.5) is 0 Å². The summed E-state index contributed by atoms with van der Waals surface area (Å²) in [5.41, 5.74) is 0.125. The number of rotatable bonds is 2. The number of hydrogen-bond donors (Lipinski definition) is 1. The van der Waals surface area contributed by atoms with Gasteiger partial charge in [0.1, 0.15) is 0 Å². The minimum Gasteiger partial charge on any atom is -0.462 e. The van der Waals surface area contributed by atoms with E-state index in [9.17, 15) is 9.59 Å². The standard InChI is InChI=1S/C8H9NO3.C2H6/c1-2-12-8(11)6-3-4-7(10)9-5-6;1-2/h3-5H,2H2,1H3,(H,9,10);1-2H3. The molecule has 4 nitrogen and oxygen atoms in total. The van der Waals surface area contributed by atoms with Gasteiger partial charge >= 0.3 is 5.97 Å². The summed E-state index contributed by atoms with van der Waals surface area (Å²) in [7, 11) is 0. The van der Waals surface area contributed by atoms with Crippen molar-refractivity contribution < 1.29 is 9.53 Å². The van der Waals surface area contributed by atoms with E-state index in [0.717, 1.165) is 0 Å². The van der Waals surface area contributed by atoms with Crippen molar-refractivity contribution >= 4 is 5.97 Å². The quantitative estimate of drug-likeness (QED) is 0.732. The lowest BCUT2D eigenvalue weighted by Crippen LogP contribution is -2.09. The van der Waals surface area contributed by atoms with E-state index in [0.29, 0.717) is 12.2 Å². The normalized spacial score (nSPS) is 8.50. The first kappa shape index (κ1) is 12.4. The zero-order valence-electron chi connectivity index (χ0n) is 8.66. The lowest BCUT2D eigenvalue weighted by atomic mass is 10.3. The van der Waals surface area contributed by atoms with Gasteiger partial charge in [0.25, 0.3) is 0 Å². The van der Waals surface area contributed by atoms with Crippen molar-refractivity contribution in [1.82, 2.24) is 4.98 Å². The summed E-state index contributed by atoms with van der Waals surface area (Å²) < 4.78 is 4.71. The van der Waals surface area contributed by atoms with Crippen LogP contribution >= 0.6 is 0 Å². The summed E-state index contributed by atoms with van der Waals surface area (Å²) in [4.78, 5) is 24.0. The summed E-state index contributed by atoms with van der Waals surface area (Å²) in [6.45, 7) is 6.06. The maximum absolute atomic E-state index is 11.0. The largest absolute Gasteiger partial charge is 0.462 e. The van der Waals surface area contributed by atoms with Gasteiger partial charge in [-0.05, 0) is 13.0 Å². The van der Waals surface area contributed by atoms with Gasteiger partial charge < -0.3 is 9.72 Å². The Morgan fingerprint density at radius 3 is 2.50 bits per heavy atom. The second-order valence-corrected chi connectivity index (χ2v) is 2.16. The number of hydrogen-bond acceptors (Lipinski definition) is 3. The third-order valence-corrected chi connectivity index (χ3v) is 1.30. The molecule has 0 aliphatic carbocycles. The number of carbonyl (C=O) groups excluding carboxylic acids is 1. The molecule has 0 atom stereocenters. The third-order valence-electron chi connectivity index (χ3n) is 1.30. The van der Waals surface area contributed by atoms with Crippen molar-refractivity contribution in [2.75, 3.05) is 6.61 Å². The van der Waals surface area contributed by atoms with Crippen molar-refractivity contribution in [3.8, 4) is 0 Å². The van der Waals surface area contributed by atoms with Crippen LogP contribution in [0.5, 0.6) is 0 Å². The maximum Gasteiger partial charge on any atom is 0.339 e. The van der Waals surface area contributed by atoms with E-state index in [2.05, 4.69) is 4.98 Å². The van der Waals surface area contributed by atoms with E-state index in [1.807, 2.05) is 13.8 Å². The van der Waals surface area contributed by atoms with Gasteiger partial charge in [0.05, 0.1) is 12.2 Å². The highest BCUT2D eigenvalue weighted by atomic mass is 16.5. The molecule has 0 unspecified atom stereocenters. The highest BCUT2D eigenvalue weighted by Gasteiger charge is 2.04. The summed E-state index contributed by atoms with van der Waals surface area (Å²) in [6.07, 6.45) is 1.33. The fourth-order valence-electron chi connectivity index (χ4n) is 0.752. The molecular formula is C10H15NO3. The van der Waals surface area contributed by atoms with Crippen LogP contribution in [-0.2, 0) is 4.74 Å². The molecule has 1 heterocycles. The zero-order chi connectivity index (χ0) is 11.0. The molecule has 4 heteroatoms. The van der Waals surface area contributed by atoms with Gasteiger partial charge in [-0.25, -0.2) is 4.79 Å². The molecule has 0 saturated heterocycles. The van der Waals surface area contributed by atoms with Crippen LogP contribution in [0.2, 0.25) is 0 Å². The third kappa shape index (κ3) is 3.89. The van der Waals surface area contributed by atoms with Gasteiger partial charge in [-0.1, -0.05) is 13.8 Å². The number of esters is 1. The van der Waals surface area contributed by atoms with Crippen molar-refractivity contribution in [2.24, 2.45) is 0 Å². The van der Waals surface area contributed by atoms with E-state index in [4.69, 9.17) is 4.74 Å². The van der Waals surface area contributed by atoms with E-state index >= 15 is 0 Å². The van der Waals surface area contributed by atoms with Gasteiger partial charge in [-0.3, -0.25) is 4.79 Å². The highest BCUT2D eigenvalue weighted by molar-refractivity contribution is 5.88. The molecule has 0 fully saturated rings. The van der Waals surface area contributed by atoms with Gasteiger partial charge in [0.15, 0.2) is 0 Å². The maximum atomic E-state index is 11.0. The van der Waals surface area contributed by atoms with E-state index in [1.165, 1.54) is 18.3 Å². The first-order valence-electron chi connectivity index (χ1n) is 4.60. The first-order chi connectivity index (χ1) is 6.74. The van der Waals surface area contributed by atoms with Crippen LogP contribution in [0.15, 0.2) is 23.1 Å². The number of aromatic nitrogens is 1. The second kappa shape index (κ2) is 6.88. The Kier molecular flexibility index (Phi) is 6.11. The molecule has 0 aromatic carbocycles. The molecule has 0 bridgehead atoms. The molecule has 1 rings (SSSR count). The topological polar surface area (TPSA) is 59.2 Å². The molecule has 0 saturated carbocycles. The van der Waals surface area contributed by atoms with Gasteiger partial charge in [-0.2, -0.15) is 0 Å². The second-order valence-electron chi connectivity index (χ2n) is 2.16. The Morgan fingerprint density at radius 2 is 2.07 bits per heavy atom. The van der Waals surface area contributed by atoms with E-state index in [1.54, 1.807) is 6.92 Å². The molecule has 1 aromatic heterocycles. The molecule has 78 valence electrons. The number of ether oxygens (including phenoxy) is 1. The summed E-state index contributed by atoms with van der Waals surface area (Å²) >= 11 is 0. The van der Waals surface area contributed by atoms with Crippen molar-refractivity contribution in [1.29, 1.82) is 0 Å². The van der Waals surface area contributed by atoms with Crippen LogP contribution in [0.1, 0.15) is 31.1 Å². The summed E-state index contributed by atoms with van der Waals surface area (Å²) in [5, 5.41) is 0. The zero-order valence-corrected chi connectivity index (χ0v) is 8.66. The minimum absolute atomic E-state index is 0.233. The monoisotopic (exact) mass is 197 g/mol. The molecule has 0 radical (unpaired) electrons. The van der Waals surface area contributed by atoms with Crippen LogP contribution in [-0.4, -0.2) is 17.6 Å². The SMILES string of the molecule is CC.CCOC(=O)c1ccc(=O)[nH]c1. The average molecular weight is 197 g/mol. The Labute approximate surface area is 82.9 Å². The minimum atomic E-state index is -0.422. The fraction of sp³-hybridized carbons (Fsp3) is 0.400. The predicted molar refractivity (Wildman–Crippen MR) is 54.4 cm³/mol. The Hall–Kier alpha value is -1.58. The molecule has 0 aliphatic rings. The van der Waals surface area contributed by atoms with Crippen molar-refractivity contribution in [3.05, 3.63) is 34.2 Å². The number of nitrogens with one attached hydrogen (secondary N) is 1. The molecular weight excluding hydrogens is 182 g/mol.